The number of rotatable bonds is 6. The summed E-state index contributed by atoms with van der Waals surface area (Å²) in [6, 6.07) is 0.441. The van der Waals surface area contributed by atoms with Crippen molar-refractivity contribution in [1.82, 2.24) is 4.90 Å². The van der Waals surface area contributed by atoms with E-state index in [1.807, 2.05) is 4.90 Å². The molecule has 0 aliphatic heterocycles. The first-order valence-electron chi connectivity index (χ1n) is 6.75. The molecule has 0 aromatic carbocycles. The highest BCUT2D eigenvalue weighted by Gasteiger charge is 2.25. The molecule has 5 heteroatoms. The molecule has 108 valence electrons. The van der Waals surface area contributed by atoms with Crippen LogP contribution in [0, 0.1) is 0 Å². The van der Waals surface area contributed by atoms with E-state index < -0.39 is 0 Å². The third-order valence-corrected chi connectivity index (χ3v) is 3.68. The largest absolute Gasteiger partial charge is 0.380 e. The van der Waals surface area contributed by atoms with Crippen LogP contribution in [0.3, 0.4) is 0 Å². The molecule has 0 spiro atoms. The Kier molecular flexibility index (Phi) is 9.42. The number of ether oxygens (including phenoxy) is 1. The van der Waals surface area contributed by atoms with Crippen molar-refractivity contribution in [2.75, 3.05) is 20.2 Å². The van der Waals surface area contributed by atoms with Gasteiger partial charge in [-0.3, -0.25) is 4.79 Å². The topological polar surface area (TPSA) is 55.6 Å². The van der Waals surface area contributed by atoms with Crippen molar-refractivity contribution in [2.24, 2.45) is 5.73 Å². The molecule has 1 aliphatic rings. The van der Waals surface area contributed by atoms with Crippen LogP contribution < -0.4 is 5.73 Å². The van der Waals surface area contributed by atoms with Gasteiger partial charge < -0.3 is 15.4 Å². The Hall–Kier alpha value is -0.320. The highest BCUT2D eigenvalue weighted by molar-refractivity contribution is 5.85. The van der Waals surface area contributed by atoms with Crippen LogP contribution in [-0.2, 0) is 9.53 Å². The quantitative estimate of drug-likeness (QED) is 0.808. The molecule has 1 rings (SSSR count). The van der Waals surface area contributed by atoms with E-state index in [0.29, 0.717) is 19.0 Å². The zero-order valence-corrected chi connectivity index (χ0v) is 12.4. The zero-order valence-electron chi connectivity index (χ0n) is 11.6. The Bertz CT molecular complexity index is 229. The van der Waals surface area contributed by atoms with E-state index in [0.717, 1.165) is 19.4 Å². The molecule has 18 heavy (non-hydrogen) atoms. The lowest BCUT2D eigenvalue weighted by molar-refractivity contribution is -0.136. The maximum Gasteiger partial charge on any atom is 0.225 e. The minimum Gasteiger partial charge on any atom is -0.380 e. The number of halogens is 1. The summed E-state index contributed by atoms with van der Waals surface area (Å²) in [4.78, 5) is 14.2. The number of amides is 1. The molecule has 1 fully saturated rings. The van der Waals surface area contributed by atoms with E-state index >= 15 is 0 Å². The maximum absolute atomic E-state index is 12.2. The van der Waals surface area contributed by atoms with Gasteiger partial charge in [0, 0.05) is 26.2 Å². The fourth-order valence-corrected chi connectivity index (χ4v) is 2.61. The summed E-state index contributed by atoms with van der Waals surface area (Å²) in [5.41, 5.74) is 5.56. The first kappa shape index (κ1) is 17.7. The van der Waals surface area contributed by atoms with Crippen molar-refractivity contribution in [2.45, 2.75) is 57.6 Å². The summed E-state index contributed by atoms with van der Waals surface area (Å²) in [5.74, 6) is 0.191. The van der Waals surface area contributed by atoms with Crippen molar-refractivity contribution >= 4 is 18.3 Å². The number of methoxy groups -OCH3 is 1. The number of carbonyl (C=O) groups excluding carboxylic acids is 1. The second-order valence-corrected chi connectivity index (χ2v) is 4.77. The highest BCUT2D eigenvalue weighted by Crippen LogP contribution is 2.23. The van der Waals surface area contributed by atoms with E-state index in [-0.39, 0.29) is 24.4 Å². The Morgan fingerprint density at radius 2 is 2.00 bits per heavy atom. The number of nitrogens with two attached hydrogens (primary N) is 1. The SMILES string of the molecule is CCN(C(=O)CC(CN)OC)C1CCCCC1.Cl. The van der Waals surface area contributed by atoms with Gasteiger partial charge in [-0.25, -0.2) is 0 Å². The summed E-state index contributed by atoms with van der Waals surface area (Å²) in [5, 5.41) is 0. The van der Waals surface area contributed by atoms with E-state index in [1.165, 1.54) is 19.3 Å². The molecule has 1 saturated carbocycles. The predicted molar refractivity (Wildman–Crippen MR) is 76.0 cm³/mol. The molecular formula is C13H27ClN2O2. The molecule has 1 unspecified atom stereocenters. The summed E-state index contributed by atoms with van der Waals surface area (Å²) < 4.78 is 5.18. The van der Waals surface area contributed by atoms with Crippen LogP contribution >= 0.6 is 12.4 Å². The molecule has 1 aliphatic carbocycles. The molecule has 1 amide bonds. The zero-order chi connectivity index (χ0) is 12.7. The lowest BCUT2D eigenvalue weighted by atomic mass is 9.94. The van der Waals surface area contributed by atoms with Crippen LogP contribution in [0.15, 0.2) is 0 Å². The first-order chi connectivity index (χ1) is 8.22. The van der Waals surface area contributed by atoms with Gasteiger partial charge in [0.1, 0.15) is 0 Å². The molecular weight excluding hydrogens is 252 g/mol. The van der Waals surface area contributed by atoms with E-state index in [2.05, 4.69) is 6.92 Å². The Morgan fingerprint density at radius 1 is 1.39 bits per heavy atom. The number of hydrogen-bond donors (Lipinski definition) is 1. The molecule has 1 atom stereocenters. The standard InChI is InChI=1S/C13H26N2O2.ClH/c1-3-15(11-7-5-4-6-8-11)13(16)9-12(10-14)17-2;/h11-12H,3-10,14H2,1-2H3;1H. The first-order valence-corrected chi connectivity index (χ1v) is 6.75. The Balaban J connectivity index is 0.00000289. The normalized spacial score (nSPS) is 17.9. The van der Waals surface area contributed by atoms with Crippen LogP contribution in [0.2, 0.25) is 0 Å². The minimum absolute atomic E-state index is 0. The molecule has 0 bridgehead atoms. The van der Waals surface area contributed by atoms with Gasteiger partial charge in [0.15, 0.2) is 0 Å². The van der Waals surface area contributed by atoms with Crippen molar-refractivity contribution in [3.8, 4) is 0 Å². The van der Waals surface area contributed by atoms with Gasteiger partial charge in [-0.05, 0) is 19.8 Å². The van der Waals surface area contributed by atoms with E-state index in [9.17, 15) is 4.79 Å². The van der Waals surface area contributed by atoms with Crippen LogP contribution in [-0.4, -0.2) is 43.2 Å². The Morgan fingerprint density at radius 3 is 2.44 bits per heavy atom. The summed E-state index contributed by atoms with van der Waals surface area (Å²) >= 11 is 0. The monoisotopic (exact) mass is 278 g/mol. The predicted octanol–water partition coefficient (Wildman–Crippen LogP) is 1.95. The summed E-state index contributed by atoms with van der Waals surface area (Å²) in [6.07, 6.45) is 6.39. The van der Waals surface area contributed by atoms with Crippen molar-refractivity contribution < 1.29 is 9.53 Å². The van der Waals surface area contributed by atoms with Gasteiger partial charge in [-0.1, -0.05) is 19.3 Å². The van der Waals surface area contributed by atoms with Crippen LogP contribution in [0.25, 0.3) is 0 Å². The summed E-state index contributed by atoms with van der Waals surface area (Å²) in [7, 11) is 1.61. The average Bonchev–Trinajstić information content (AvgIpc) is 2.38. The molecule has 4 nitrogen and oxygen atoms in total. The van der Waals surface area contributed by atoms with Gasteiger partial charge >= 0.3 is 0 Å². The average molecular weight is 279 g/mol. The van der Waals surface area contributed by atoms with Gasteiger partial charge in [-0.15, -0.1) is 12.4 Å². The molecule has 0 heterocycles. The van der Waals surface area contributed by atoms with Crippen LogP contribution in [0.4, 0.5) is 0 Å². The second kappa shape index (κ2) is 9.59. The molecule has 2 N–H and O–H groups in total. The number of carbonyl (C=O) groups is 1. The van der Waals surface area contributed by atoms with Gasteiger partial charge in [-0.2, -0.15) is 0 Å². The van der Waals surface area contributed by atoms with E-state index in [1.54, 1.807) is 7.11 Å². The maximum atomic E-state index is 12.2. The highest BCUT2D eigenvalue weighted by atomic mass is 35.5. The van der Waals surface area contributed by atoms with Crippen LogP contribution in [0.1, 0.15) is 45.4 Å². The summed E-state index contributed by atoms with van der Waals surface area (Å²) in [6.45, 7) is 3.26. The fraction of sp³-hybridized carbons (Fsp3) is 0.923. The van der Waals surface area contributed by atoms with Crippen molar-refractivity contribution in [3.05, 3.63) is 0 Å². The fourth-order valence-electron chi connectivity index (χ4n) is 2.61. The van der Waals surface area contributed by atoms with E-state index in [4.69, 9.17) is 10.5 Å². The smallest absolute Gasteiger partial charge is 0.225 e. The number of nitrogens with zero attached hydrogens (tertiary/aromatic N) is 1. The van der Waals surface area contributed by atoms with Gasteiger partial charge in [0.2, 0.25) is 5.91 Å². The van der Waals surface area contributed by atoms with Crippen molar-refractivity contribution in [1.29, 1.82) is 0 Å². The van der Waals surface area contributed by atoms with Gasteiger partial charge in [0.05, 0.1) is 12.5 Å². The minimum atomic E-state index is -0.139. The van der Waals surface area contributed by atoms with Crippen LogP contribution in [0.5, 0.6) is 0 Å². The lowest BCUT2D eigenvalue weighted by Gasteiger charge is -2.34. The molecule has 0 saturated heterocycles. The third kappa shape index (κ3) is 5.12. The molecule has 0 aromatic heterocycles. The number of hydrogen-bond acceptors (Lipinski definition) is 3. The lowest BCUT2D eigenvalue weighted by Crippen LogP contribution is -2.43. The second-order valence-electron chi connectivity index (χ2n) is 4.77. The Labute approximate surface area is 117 Å². The third-order valence-electron chi connectivity index (χ3n) is 3.68. The molecule has 0 radical (unpaired) electrons. The van der Waals surface area contributed by atoms with Crippen molar-refractivity contribution in [3.63, 3.8) is 0 Å². The van der Waals surface area contributed by atoms with Gasteiger partial charge in [0.25, 0.3) is 0 Å². The molecule has 0 aromatic rings.